The lowest BCUT2D eigenvalue weighted by Gasteiger charge is -2.51. The van der Waals surface area contributed by atoms with Gasteiger partial charge in [0.05, 0.1) is 5.69 Å². The van der Waals surface area contributed by atoms with Gasteiger partial charge in [0.15, 0.2) is 0 Å². The zero-order valence-electron chi connectivity index (χ0n) is 16.9. The Morgan fingerprint density at radius 3 is 2.59 bits per heavy atom. The quantitative estimate of drug-likeness (QED) is 0.811. The van der Waals surface area contributed by atoms with Crippen molar-refractivity contribution in [1.29, 1.82) is 0 Å². The van der Waals surface area contributed by atoms with Crippen molar-refractivity contribution in [2.75, 3.05) is 46.0 Å². The van der Waals surface area contributed by atoms with Crippen LogP contribution in [-0.4, -0.2) is 72.0 Å². The first-order valence-electron chi connectivity index (χ1n) is 10.1. The third-order valence-corrected chi connectivity index (χ3v) is 6.60. The van der Waals surface area contributed by atoms with E-state index in [2.05, 4.69) is 10.1 Å². The summed E-state index contributed by atoms with van der Waals surface area (Å²) in [6, 6.07) is 0. The molecular weight excluding hydrogens is 346 g/mol. The number of aromatic nitrogens is 1. The second-order valence-electron chi connectivity index (χ2n) is 8.05. The molecule has 7 heteroatoms. The normalized spacial score (nSPS) is 23.1. The number of nitrogens with zero attached hydrogens (tertiary/aromatic N) is 3. The molecule has 1 amide bonds. The highest BCUT2D eigenvalue weighted by molar-refractivity contribution is 5.77. The van der Waals surface area contributed by atoms with E-state index in [1.807, 2.05) is 25.7 Å². The summed E-state index contributed by atoms with van der Waals surface area (Å²) in [5.41, 5.74) is 2.31. The molecule has 27 heavy (non-hydrogen) atoms. The SMILES string of the molecule is CCOCC(=O)N1CCC2(CCN(Cc3c(C)noc3C)CC2)C(CO)C1. The molecular formula is C20H33N3O4. The number of likely N-dealkylation sites (tertiary alicyclic amines) is 2. The summed E-state index contributed by atoms with van der Waals surface area (Å²) in [6.07, 6.45) is 3.10. The topological polar surface area (TPSA) is 79.0 Å². The highest BCUT2D eigenvalue weighted by Crippen LogP contribution is 2.45. The largest absolute Gasteiger partial charge is 0.396 e. The Kier molecular flexibility index (Phi) is 6.55. The van der Waals surface area contributed by atoms with Crippen LogP contribution >= 0.6 is 0 Å². The van der Waals surface area contributed by atoms with E-state index in [0.29, 0.717) is 13.2 Å². The molecule has 2 fully saturated rings. The van der Waals surface area contributed by atoms with E-state index < -0.39 is 0 Å². The molecule has 1 N–H and O–H groups in total. The van der Waals surface area contributed by atoms with Gasteiger partial charge in [-0.25, -0.2) is 0 Å². The second kappa shape index (κ2) is 8.71. The van der Waals surface area contributed by atoms with Crippen LogP contribution in [0.3, 0.4) is 0 Å². The van der Waals surface area contributed by atoms with Gasteiger partial charge in [-0.3, -0.25) is 9.69 Å². The third-order valence-electron chi connectivity index (χ3n) is 6.60. The molecule has 2 aliphatic heterocycles. The van der Waals surface area contributed by atoms with Crippen LogP contribution in [0.4, 0.5) is 0 Å². The number of carbonyl (C=O) groups is 1. The van der Waals surface area contributed by atoms with Gasteiger partial charge < -0.3 is 19.3 Å². The zero-order chi connectivity index (χ0) is 19.4. The van der Waals surface area contributed by atoms with E-state index in [9.17, 15) is 9.90 Å². The van der Waals surface area contributed by atoms with Gasteiger partial charge in [-0.15, -0.1) is 0 Å². The molecule has 0 saturated carbocycles. The van der Waals surface area contributed by atoms with Crippen LogP contribution in [0.5, 0.6) is 0 Å². The maximum Gasteiger partial charge on any atom is 0.248 e. The van der Waals surface area contributed by atoms with Crippen molar-refractivity contribution in [2.45, 2.75) is 46.6 Å². The van der Waals surface area contributed by atoms with Gasteiger partial charge in [-0.2, -0.15) is 0 Å². The van der Waals surface area contributed by atoms with Crippen molar-refractivity contribution in [3.63, 3.8) is 0 Å². The predicted molar refractivity (Wildman–Crippen MR) is 101 cm³/mol. The Hall–Kier alpha value is -1.44. The van der Waals surface area contributed by atoms with E-state index in [1.165, 1.54) is 5.56 Å². The molecule has 1 aromatic heterocycles. The molecule has 152 valence electrons. The molecule has 0 aromatic carbocycles. The molecule has 1 atom stereocenters. The monoisotopic (exact) mass is 379 g/mol. The van der Waals surface area contributed by atoms with Crippen LogP contribution in [0, 0.1) is 25.2 Å². The molecule has 0 radical (unpaired) electrons. The second-order valence-corrected chi connectivity index (χ2v) is 8.05. The smallest absolute Gasteiger partial charge is 0.248 e. The maximum absolute atomic E-state index is 12.3. The summed E-state index contributed by atoms with van der Waals surface area (Å²) < 4.78 is 10.6. The molecule has 2 aliphatic rings. The number of carbonyl (C=O) groups excluding carboxylic acids is 1. The number of hydrogen-bond acceptors (Lipinski definition) is 6. The molecule has 0 bridgehead atoms. The number of piperidine rings is 2. The van der Waals surface area contributed by atoms with Gasteiger partial charge in [-0.05, 0) is 58.5 Å². The average molecular weight is 380 g/mol. The first-order valence-corrected chi connectivity index (χ1v) is 10.1. The highest BCUT2D eigenvalue weighted by atomic mass is 16.5. The van der Waals surface area contributed by atoms with Crippen LogP contribution < -0.4 is 0 Å². The fraction of sp³-hybridized carbons (Fsp3) is 0.800. The minimum Gasteiger partial charge on any atom is -0.396 e. The molecule has 2 saturated heterocycles. The lowest BCUT2D eigenvalue weighted by molar-refractivity contribution is -0.142. The van der Waals surface area contributed by atoms with Crippen LogP contribution in [0.25, 0.3) is 0 Å². The fourth-order valence-electron chi connectivity index (χ4n) is 4.64. The Morgan fingerprint density at radius 1 is 1.30 bits per heavy atom. The van der Waals surface area contributed by atoms with Gasteiger partial charge in [0.1, 0.15) is 12.4 Å². The van der Waals surface area contributed by atoms with Crippen molar-refractivity contribution >= 4 is 5.91 Å². The van der Waals surface area contributed by atoms with E-state index in [0.717, 1.165) is 56.9 Å². The van der Waals surface area contributed by atoms with Crippen LogP contribution in [0.1, 0.15) is 43.2 Å². The standard InChI is InChI=1S/C20H33N3O4/c1-4-26-14-19(25)23-10-7-20(17(11-23)13-24)5-8-22(9-6-20)12-18-15(2)21-27-16(18)3/h17,24H,4-14H2,1-3H3. The minimum atomic E-state index is 0.0426. The van der Waals surface area contributed by atoms with Crippen molar-refractivity contribution in [3.8, 4) is 0 Å². The van der Waals surface area contributed by atoms with Gasteiger partial charge in [0.25, 0.3) is 0 Å². The molecule has 3 rings (SSSR count). The zero-order valence-corrected chi connectivity index (χ0v) is 16.9. The van der Waals surface area contributed by atoms with E-state index in [4.69, 9.17) is 9.26 Å². The first kappa shape index (κ1) is 20.3. The van der Waals surface area contributed by atoms with Crippen LogP contribution in [0.15, 0.2) is 4.52 Å². The van der Waals surface area contributed by atoms with Crippen molar-refractivity contribution in [2.24, 2.45) is 11.3 Å². The summed E-state index contributed by atoms with van der Waals surface area (Å²) in [6.45, 7) is 11.0. The van der Waals surface area contributed by atoms with Crippen LogP contribution in [-0.2, 0) is 16.1 Å². The molecule has 7 nitrogen and oxygen atoms in total. The highest BCUT2D eigenvalue weighted by Gasteiger charge is 2.45. The lowest BCUT2D eigenvalue weighted by Crippen LogP contribution is -2.55. The predicted octanol–water partition coefficient (Wildman–Crippen LogP) is 1.75. The molecule has 1 unspecified atom stereocenters. The molecule has 1 aromatic rings. The van der Waals surface area contributed by atoms with Gasteiger partial charge >= 0.3 is 0 Å². The van der Waals surface area contributed by atoms with Gasteiger partial charge in [0, 0.05) is 44.3 Å². The minimum absolute atomic E-state index is 0.0426. The number of rotatable bonds is 6. The Bertz CT molecular complexity index is 618. The first-order chi connectivity index (χ1) is 13.0. The van der Waals surface area contributed by atoms with Crippen molar-refractivity contribution < 1.29 is 19.2 Å². The van der Waals surface area contributed by atoms with E-state index in [-0.39, 0.29) is 30.5 Å². The van der Waals surface area contributed by atoms with E-state index in [1.54, 1.807) is 0 Å². The fourth-order valence-corrected chi connectivity index (χ4v) is 4.64. The number of aliphatic hydroxyl groups is 1. The lowest BCUT2D eigenvalue weighted by atomic mass is 9.64. The summed E-state index contributed by atoms with van der Waals surface area (Å²) >= 11 is 0. The van der Waals surface area contributed by atoms with Gasteiger partial charge in [-0.1, -0.05) is 5.16 Å². The third kappa shape index (κ3) is 4.36. The Morgan fingerprint density at radius 2 is 2.00 bits per heavy atom. The number of aryl methyl sites for hydroxylation is 2. The number of ether oxygens (including phenoxy) is 1. The number of aliphatic hydroxyl groups excluding tert-OH is 1. The summed E-state index contributed by atoms with van der Waals surface area (Å²) in [5, 5.41) is 14.1. The molecule has 0 aliphatic carbocycles. The van der Waals surface area contributed by atoms with Crippen molar-refractivity contribution in [1.82, 2.24) is 15.0 Å². The van der Waals surface area contributed by atoms with Crippen molar-refractivity contribution in [3.05, 3.63) is 17.0 Å². The number of amides is 1. The maximum atomic E-state index is 12.3. The summed E-state index contributed by atoms with van der Waals surface area (Å²) in [4.78, 5) is 16.6. The summed E-state index contributed by atoms with van der Waals surface area (Å²) in [5.74, 6) is 1.10. The average Bonchev–Trinajstić information content (AvgIpc) is 3.00. The Balaban J connectivity index is 1.57. The van der Waals surface area contributed by atoms with Crippen LogP contribution in [0.2, 0.25) is 0 Å². The number of hydrogen-bond donors (Lipinski definition) is 1. The Labute approximate surface area is 161 Å². The molecule has 3 heterocycles. The van der Waals surface area contributed by atoms with Gasteiger partial charge in [0.2, 0.25) is 5.91 Å². The summed E-state index contributed by atoms with van der Waals surface area (Å²) in [7, 11) is 0. The molecule has 1 spiro atoms. The van der Waals surface area contributed by atoms with E-state index >= 15 is 0 Å².